The molecule has 106 valence electrons. The smallest absolute Gasteiger partial charge is 0.218 e. The van der Waals surface area contributed by atoms with Crippen LogP contribution >= 0.6 is 11.6 Å². The summed E-state index contributed by atoms with van der Waals surface area (Å²) < 4.78 is 26.1. The Kier molecular flexibility index (Phi) is 4.84. The van der Waals surface area contributed by atoms with Crippen molar-refractivity contribution in [2.45, 2.75) is 18.6 Å². The molecule has 1 aromatic carbocycles. The zero-order valence-corrected chi connectivity index (χ0v) is 12.2. The molecule has 0 bridgehead atoms. The SMILES string of the molecule is O=S(=O)(Cc1ccc(Cl)cc1)N1CCCC(CO)C1. The molecule has 2 rings (SSSR count). The highest BCUT2D eigenvalue weighted by atomic mass is 35.5. The van der Waals surface area contributed by atoms with Crippen LogP contribution in [0.4, 0.5) is 0 Å². The average molecular weight is 304 g/mol. The number of rotatable bonds is 4. The predicted octanol–water partition coefficient (Wildman–Crippen LogP) is 1.87. The van der Waals surface area contributed by atoms with Crippen molar-refractivity contribution in [3.63, 3.8) is 0 Å². The number of hydrogen-bond donors (Lipinski definition) is 1. The van der Waals surface area contributed by atoms with Crippen molar-refractivity contribution in [3.05, 3.63) is 34.9 Å². The predicted molar refractivity (Wildman–Crippen MR) is 75.5 cm³/mol. The highest BCUT2D eigenvalue weighted by molar-refractivity contribution is 7.88. The van der Waals surface area contributed by atoms with Crippen LogP contribution in [0.5, 0.6) is 0 Å². The lowest BCUT2D eigenvalue weighted by atomic mass is 10.0. The number of aliphatic hydroxyl groups is 1. The molecular weight excluding hydrogens is 286 g/mol. The zero-order chi connectivity index (χ0) is 13.9. The molecule has 1 aromatic rings. The Balaban J connectivity index is 2.07. The van der Waals surface area contributed by atoms with Crippen LogP contribution in [0.3, 0.4) is 0 Å². The molecule has 1 atom stereocenters. The number of sulfonamides is 1. The van der Waals surface area contributed by atoms with Crippen molar-refractivity contribution >= 4 is 21.6 Å². The molecule has 0 aliphatic carbocycles. The van der Waals surface area contributed by atoms with Crippen LogP contribution in [0.25, 0.3) is 0 Å². The maximum atomic E-state index is 12.3. The molecule has 1 N–H and O–H groups in total. The zero-order valence-electron chi connectivity index (χ0n) is 10.6. The Labute approximate surface area is 119 Å². The van der Waals surface area contributed by atoms with Gasteiger partial charge in [-0.2, -0.15) is 0 Å². The summed E-state index contributed by atoms with van der Waals surface area (Å²) in [5.74, 6) is 0.0521. The fraction of sp³-hybridized carbons (Fsp3) is 0.538. The van der Waals surface area contributed by atoms with E-state index in [2.05, 4.69) is 0 Å². The summed E-state index contributed by atoms with van der Waals surface area (Å²) in [5.41, 5.74) is 0.732. The van der Waals surface area contributed by atoms with E-state index in [9.17, 15) is 8.42 Å². The summed E-state index contributed by atoms with van der Waals surface area (Å²) in [7, 11) is -3.31. The van der Waals surface area contributed by atoms with Crippen LogP contribution < -0.4 is 0 Å². The first-order valence-corrected chi connectivity index (χ1v) is 8.33. The van der Waals surface area contributed by atoms with Gasteiger partial charge in [0.15, 0.2) is 0 Å². The molecule has 1 unspecified atom stereocenters. The molecule has 1 aliphatic rings. The summed E-state index contributed by atoms with van der Waals surface area (Å²) in [6.07, 6.45) is 1.70. The van der Waals surface area contributed by atoms with Crippen LogP contribution in [0.15, 0.2) is 24.3 Å². The van der Waals surface area contributed by atoms with Crippen LogP contribution in [-0.2, 0) is 15.8 Å². The summed E-state index contributed by atoms with van der Waals surface area (Å²) in [4.78, 5) is 0. The molecule has 1 saturated heterocycles. The molecule has 19 heavy (non-hydrogen) atoms. The fourth-order valence-corrected chi connectivity index (χ4v) is 4.08. The summed E-state index contributed by atoms with van der Waals surface area (Å²) in [5, 5.41) is 9.76. The van der Waals surface area contributed by atoms with Gasteiger partial charge in [-0.25, -0.2) is 12.7 Å². The molecule has 1 aliphatic heterocycles. The second-order valence-corrected chi connectivity index (χ2v) is 7.34. The second-order valence-electron chi connectivity index (χ2n) is 4.93. The lowest BCUT2D eigenvalue weighted by Crippen LogP contribution is -2.41. The molecule has 0 radical (unpaired) electrons. The number of piperidine rings is 1. The molecule has 6 heteroatoms. The van der Waals surface area contributed by atoms with Crippen molar-refractivity contribution in [2.24, 2.45) is 5.92 Å². The first kappa shape index (κ1) is 14.8. The lowest BCUT2D eigenvalue weighted by molar-refractivity contribution is 0.165. The van der Waals surface area contributed by atoms with Crippen LogP contribution in [0.1, 0.15) is 18.4 Å². The topological polar surface area (TPSA) is 57.6 Å². The lowest BCUT2D eigenvalue weighted by Gasteiger charge is -2.31. The highest BCUT2D eigenvalue weighted by Crippen LogP contribution is 2.21. The first-order valence-electron chi connectivity index (χ1n) is 6.34. The quantitative estimate of drug-likeness (QED) is 0.924. The summed E-state index contributed by atoms with van der Waals surface area (Å²) in [6, 6.07) is 6.85. The molecule has 1 heterocycles. The molecule has 0 amide bonds. The number of benzene rings is 1. The highest BCUT2D eigenvalue weighted by Gasteiger charge is 2.28. The van der Waals surface area contributed by atoms with E-state index in [0.29, 0.717) is 18.1 Å². The van der Waals surface area contributed by atoms with E-state index in [4.69, 9.17) is 16.7 Å². The number of aliphatic hydroxyl groups excluding tert-OH is 1. The normalized spacial score (nSPS) is 21.5. The van der Waals surface area contributed by atoms with Gasteiger partial charge >= 0.3 is 0 Å². The molecule has 1 fully saturated rings. The Bertz CT molecular complexity index is 515. The van der Waals surface area contributed by atoms with Gasteiger partial charge in [-0.1, -0.05) is 23.7 Å². The van der Waals surface area contributed by atoms with Crippen molar-refractivity contribution in [1.29, 1.82) is 0 Å². The van der Waals surface area contributed by atoms with Gasteiger partial charge in [-0.3, -0.25) is 0 Å². The Morgan fingerprint density at radius 3 is 2.63 bits per heavy atom. The third-order valence-corrected chi connectivity index (χ3v) is 5.46. The maximum Gasteiger partial charge on any atom is 0.218 e. The van der Waals surface area contributed by atoms with Gasteiger partial charge in [0, 0.05) is 24.7 Å². The monoisotopic (exact) mass is 303 g/mol. The minimum absolute atomic E-state index is 0.0116. The van der Waals surface area contributed by atoms with E-state index in [1.54, 1.807) is 24.3 Å². The van der Waals surface area contributed by atoms with Gasteiger partial charge in [0.05, 0.1) is 5.75 Å². The average Bonchev–Trinajstić information content (AvgIpc) is 2.41. The van der Waals surface area contributed by atoms with E-state index in [1.807, 2.05) is 0 Å². The largest absolute Gasteiger partial charge is 0.396 e. The van der Waals surface area contributed by atoms with E-state index < -0.39 is 10.0 Å². The molecular formula is C13H18ClNO3S. The number of halogens is 1. The third-order valence-electron chi connectivity index (χ3n) is 3.40. The molecule has 0 aromatic heterocycles. The third kappa shape index (κ3) is 3.92. The van der Waals surface area contributed by atoms with Crippen molar-refractivity contribution < 1.29 is 13.5 Å². The minimum atomic E-state index is -3.31. The summed E-state index contributed by atoms with van der Waals surface area (Å²) >= 11 is 5.78. The fourth-order valence-electron chi connectivity index (χ4n) is 2.31. The van der Waals surface area contributed by atoms with Crippen molar-refractivity contribution in [3.8, 4) is 0 Å². The summed E-state index contributed by atoms with van der Waals surface area (Å²) in [6.45, 7) is 1.02. The minimum Gasteiger partial charge on any atom is -0.396 e. The molecule has 0 spiro atoms. The van der Waals surface area contributed by atoms with Gasteiger partial charge < -0.3 is 5.11 Å². The Hall–Kier alpha value is -0.620. The van der Waals surface area contributed by atoms with Crippen LogP contribution in [0, 0.1) is 5.92 Å². The van der Waals surface area contributed by atoms with Crippen LogP contribution in [-0.4, -0.2) is 37.5 Å². The molecule has 0 saturated carbocycles. The van der Waals surface area contributed by atoms with Gasteiger partial charge in [-0.15, -0.1) is 0 Å². The Morgan fingerprint density at radius 2 is 2.00 bits per heavy atom. The van der Waals surface area contributed by atoms with E-state index in [1.165, 1.54) is 4.31 Å². The van der Waals surface area contributed by atoms with Crippen molar-refractivity contribution in [2.75, 3.05) is 19.7 Å². The van der Waals surface area contributed by atoms with Gasteiger partial charge in [-0.05, 0) is 36.5 Å². The standard InChI is InChI=1S/C13H18ClNO3S/c14-13-5-3-11(4-6-13)10-19(17,18)15-7-1-2-12(8-15)9-16/h3-6,12,16H,1-2,7-10H2. The van der Waals surface area contributed by atoms with Gasteiger partial charge in [0.25, 0.3) is 0 Å². The number of nitrogens with zero attached hydrogens (tertiary/aromatic N) is 1. The number of hydrogen-bond acceptors (Lipinski definition) is 3. The Morgan fingerprint density at radius 1 is 1.32 bits per heavy atom. The van der Waals surface area contributed by atoms with Gasteiger partial charge in [0.2, 0.25) is 10.0 Å². The van der Waals surface area contributed by atoms with E-state index >= 15 is 0 Å². The molecule has 4 nitrogen and oxygen atoms in total. The maximum absolute atomic E-state index is 12.3. The van der Waals surface area contributed by atoms with E-state index in [-0.39, 0.29) is 18.3 Å². The first-order chi connectivity index (χ1) is 9.01. The van der Waals surface area contributed by atoms with E-state index in [0.717, 1.165) is 18.4 Å². The second kappa shape index (κ2) is 6.22. The van der Waals surface area contributed by atoms with Crippen LogP contribution in [0.2, 0.25) is 5.02 Å². The van der Waals surface area contributed by atoms with Crippen molar-refractivity contribution in [1.82, 2.24) is 4.31 Å². The van der Waals surface area contributed by atoms with Gasteiger partial charge in [0.1, 0.15) is 0 Å².